The van der Waals surface area contributed by atoms with E-state index in [1.165, 1.54) is 13.5 Å². The molecule has 13 nitrogen and oxygen atoms in total. The summed E-state index contributed by atoms with van der Waals surface area (Å²) in [6, 6.07) is 4.50. The minimum atomic E-state index is -0.965. The zero-order valence-corrected chi connectivity index (χ0v) is 35.1. The van der Waals surface area contributed by atoms with Crippen LogP contribution in [0, 0.1) is 29.1 Å². The Balaban J connectivity index is 1.05. The second-order valence-electron chi connectivity index (χ2n) is 17.4. The highest BCUT2D eigenvalue weighted by Gasteiger charge is 2.61. The molecule has 3 saturated carbocycles. The van der Waals surface area contributed by atoms with Gasteiger partial charge < -0.3 is 33.3 Å². The van der Waals surface area contributed by atoms with Crippen molar-refractivity contribution in [1.29, 1.82) is 0 Å². The maximum Gasteiger partial charge on any atom is 0.312 e. The van der Waals surface area contributed by atoms with Crippen LogP contribution in [-0.4, -0.2) is 116 Å². The Morgan fingerprint density at radius 1 is 1.00 bits per heavy atom. The van der Waals surface area contributed by atoms with Gasteiger partial charge in [-0.25, -0.2) is 4.98 Å². The Hall–Kier alpha value is -3.94. The van der Waals surface area contributed by atoms with Crippen molar-refractivity contribution in [1.82, 2.24) is 14.8 Å². The number of hydrogen-bond donors (Lipinski definition) is 0. The fourth-order valence-corrected chi connectivity index (χ4v) is 10.2. The van der Waals surface area contributed by atoms with E-state index in [0.717, 1.165) is 58.2 Å². The summed E-state index contributed by atoms with van der Waals surface area (Å²) >= 11 is 6.97. The minimum Gasteiger partial charge on any atom is -0.491 e. The first-order valence-corrected chi connectivity index (χ1v) is 22.2. The van der Waals surface area contributed by atoms with Crippen LogP contribution >= 0.6 is 11.6 Å². The number of methoxy groups -OCH3 is 1. The highest BCUT2D eigenvalue weighted by molar-refractivity contribution is 6.36. The number of fused-ring (bicyclic) bond motifs is 4. The predicted octanol–water partition coefficient (Wildman–Crippen LogP) is 6.35. The number of morpholine rings is 1. The number of pyridine rings is 1. The van der Waals surface area contributed by atoms with E-state index in [1.54, 1.807) is 17.0 Å². The van der Waals surface area contributed by atoms with Crippen LogP contribution in [0.3, 0.4) is 0 Å². The number of esters is 2. The van der Waals surface area contributed by atoms with Gasteiger partial charge in [0, 0.05) is 49.8 Å². The van der Waals surface area contributed by atoms with Crippen molar-refractivity contribution >= 4 is 46.1 Å². The smallest absolute Gasteiger partial charge is 0.312 e. The number of rotatable bonds is 12. The molecule has 0 spiro atoms. The van der Waals surface area contributed by atoms with Crippen molar-refractivity contribution in [2.24, 2.45) is 29.1 Å². The normalized spacial score (nSPS) is 31.6. The van der Waals surface area contributed by atoms with Gasteiger partial charge in [0.1, 0.15) is 40.9 Å². The van der Waals surface area contributed by atoms with Crippen molar-refractivity contribution in [3.63, 3.8) is 0 Å². The Kier molecular flexibility index (Phi) is 13.0. The van der Waals surface area contributed by atoms with Gasteiger partial charge in [0.15, 0.2) is 5.78 Å². The van der Waals surface area contributed by atoms with Crippen LogP contribution in [0.1, 0.15) is 84.0 Å². The lowest BCUT2D eigenvalue weighted by atomic mass is 9.91. The highest BCUT2D eigenvalue weighted by Crippen LogP contribution is 2.58. The maximum absolute atomic E-state index is 14.8. The standard InChI is InChI=1S/C45H58ClN3O10/c1-3-56-39-24-38(34-11-12-37(41(46)42(34)47-39)57-18-15-48-13-16-55-17-14-48)58-33-23-35-36(50)26-45(44(53)54-2)25-31(45)10-8-6-4-5-7-9-28(43(52)49(35)27-33)22-40(51)59-32-20-29-19-30(29)21-32/h8,10-12,24,28-33,35H,3-7,9,13-23,25-27H2,1-2H3/b10-8-/t28-,29-,30+,31-,32?,33-,35+,45-/m1/s1. The largest absolute Gasteiger partial charge is 0.491 e. The zero-order chi connectivity index (χ0) is 41.1. The number of aromatic nitrogens is 1. The Labute approximate surface area is 351 Å². The van der Waals surface area contributed by atoms with E-state index >= 15 is 0 Å². The Morgan fingerprint density at radius 2 is 1.81 bits per heavy atom. The fraction of sp³-hybridized carbons (Fsp3) is 0.667. The van der Waals surface area contributed by atoms with E-state index in [-0.39, 0.29) is 55.5 Å². The molecule has 2 saturated heterocycles. The van der Waals surface area contributed by atoms with Crippen molar-refractivity contribution < 1.29 is 47.6 Å². The molecular formula is C45H58ClN3O10. The molecule has 0 bridgehead atoms. The quantitative estimate of drug-likeness (QED) is 0.174. The molecule has 320 valence electrons. The zero-order valence-electron chi connectivity index (χ0n) is 34.4. The summed E-state index contributed by atoms with van der Waals surface area (Å²) in [5.41, 5.74) is -0.518. The molecule has 1 amide bonds. The van der Waals surface area contributed by atoms with Crippen molar-refractivity contribution in [2.45, 2.75) is 102 Å². The lowest BCUT2D eigenvalue weighted by Crippen LogP contribution is -2.45. The molecule has 4 heterocycles. The highest BCUT2D eigenvalue weighted by atomic mass is 35.5. The second kappa shape index (κ2) is 18.4. The molecule has 59 heavy (non-hydrogen) atoms. The van der Waals surface area contributed by atoms with Crippen LogP contribution in [0.4, 0.5) is 0 Å². The molecule has 3 aliphatic carbocycles. The number of Topliss-reactive ketones (excluding diaryl/α,β-unsaturated/α-hetero) is 1. The monoisotopic (exact) mass is 835 g/mol. The van der Waals surface area contributed by atoms with Gasteiger partial charge in [0.2, 0.25) is 11.8 Å². The first kappa shape index (κ1) is 41.8. The van der Waals surface area contributed by atoms with Crippen LogP contribution in [0.5, 0.6) is 17.4 Å². The summed E-state index contributed by atoms with van der Waals surface area (Å²) in [4.78, 5) is 64.5. The number of allylic oxidation sites excluding steroid dienone is 2. The average molecular weight is 836 g/mol. The Morgan fingerprint density at radius 3 is 2.59 bits per heavy atom. The van der Waals surface area contributed by atoms with Gasteiger partial charge in [0.05, 0.1) is 51.4 Å². The fourth-order valence-electron chi connectivity index (χ4n) is 9.89. The molecule has 8 atom stereocenters. The summed E-state index contributed by atoms with van der Waals surface area (Å²) in [6.07, 6.45) is 11.0. The van der Waals surface area contributed by atoms with Gasteiger partial charge in [-0.1, -0.05) is 36.6 Å². The third kappa shape index (κ3) is 9.52. The van der Waals surface area contributed by atoms with Crippen LogP contribution < -0.4 is 14.2 Å². The van der Waals surface area contributed by atoms with E-state index in [2.05, 4.69) is 17.1 Å². The van der Waals surface area contributed by atoms with Crippen molar-refractivity contribution in [3.8, 4) is 17.4 Å². The number of ether oxygens (including phenoxy) is 6. The maximum atomic E-state index is 14.8. The van der Waals surface area contributed by atoms with Gasteiger partial charge in [-0.05, 0) is 81.8 Å². The molecule has 2 aromatic rings. The SMILES string of the molecule is CCOc1cc(O[C@@H]2C[C@H]3C(=O)C[C@]4(C(=O)OC)C[C@H]4/C=C\CCCCC[C@H](CC(=O)OC4C[C@@H]5C[C@@H]5C4)C(=O)N3C2)c2ccc(OCCN3CCOCC3)c(Cl)c2n1. The van der Waals surface area contributed by atoms with Gasteiger partial charge in [-0.15, -0.1) is 0 Å². The number of hydrogen-bond acceptors (Lipinski definition) is 12. The molecule has 8 rings (SSSR count). The van der Waals surface area contributed by atoms with Crippen LogP contribution in [-0.2, 0) is 33.4 Å². The van der Waals surface area contributed by atoms with Gasteiger partial charge >= 0.3 is 11.9 Å². The summed E-state index contributed by atoms with van der Waals surface area (Å²) < 4.78 is 35.4. The van der Waals surface area contributed by atoms with E-state index < -0.39 is 29.4 Å². The number of halogens is 1. The van der Waals surface area contributed by atoms with Crippen LogP contribution in [0.25, 0.3) is 10.9 Å². The average Bonchev–Trinajstić information content (AvgIpc) is 4.03. The number of amides is 1. The molecule has 6 aliphatic rings. The predicted molar refractivity (Wildman–Crippen MR) is 218 cm³/mol. The van der Waals surface area contributed by atoms with Crippen LogP contribution in [0.15, 0.2) is 30.4 Å². The minimum absolute atomic E-state index is 0.0380. The first-order chi connectivity index (χ1) is 28.6. The second-order valence-corrected chi connectivity index (χ2v) is 17.7. The number of nitrogens with zero attached hydrogens (tertiary/aromatic N) is 3. The van der Waals surface area contributed by atoms with Gasteiger partial charge in [0.25, 0.3) is 0 Å². The number of carbonyl (C=O) groups excluding carboxylic acids is 4. The third-order valence-electron chi connectivity index (χ3n) is 13.4. The molecule has 0 N–H and O–H groups in total. The van der Waals surface area contributed by atoms with Gasteiger partial charge in [-0.2, -0.15) is 0 Å². The molecule has 1 unspecified atom stereocenters. The topological polar surface area (TPSA) is 143 Å². The van der Waals surface area contributed by atoms with Gasteiger partial charge in [-0.3, -0.25) is 24.1 Å². The van der Waals surface area contributed by atoms with E-state index in [1.807, 2.05) is 13.0 Å². The van der Waals surface area contributed by atoms with E-state index in [0.29, 0.717) is 84.4 Å². The number of benzene rings is 1. The lowest BCUT2D eigenvalue weighted by molar-refractivity contribution is -0.155. The van der Waals surface area contributed by atoms with E-state index in [4.69, 9.17) is 45.0 Å². The van der Waals surface area contributed by atoms with E-state index in [9.17, 15) is 19.2 Å². The van der Waals surface area contributed by atoms with Crippen LogP contribution in [0.2, 0.25) is 5.02 Å². The number of carbonyl (C=O) groups is 4. The molecule has 1 aromatic carbocycles. The summed E-state index contributed by atoms with van der Waals surface area (Å²) in [7, 11) is 1.35. The Bertz CT molecular complexity index is 1910. The van der Waals surface area contributed by atoms with Crippen molar-refractivity contribution in [2.75, 3.05) is 59.7 Å². The summed E-state index contributed by atoms with van der Waals surface area (Å²) in [5, 5.41) is 0.953. The first-order valence-electron chi connectivity index (χ1n) is 21.8. The lowest BCUT2D eigenvalue weighted by Gasteiger charge is -2.29. The summed E-state index contributed by atoms with van der Waals surface area (Å²) in [6.45, 7) is 6.62. The summed E-state index contributed by atoms with van der Waals surface area (Å²) in [5.74, 6) is 0.567. The number of ketones is 1. The molecular weight excluding hydrogens is 778 g/mol. The molecule has 14 heteroatoms. The molecule has 5 fully saturated rings. The van der Waals surface area contributed by atoms with Crippen molar-refractivity contribution in [3.05, 3.63) is 35.4 Å². The molecule has 3 aliphatic heterocycles. The third-order valence-corrected chi connectivity index (χ3v) is 13.7. The molecule has 0 radical (unpaired) electrons. The molecule has 1 aromatic heterocycles.